The molecule has 3 aromatic rings. The molecule has 1 aliphatic rings. The number of benzene rings is 3. The normalized spacial score (nSPS) is 17.0. The van der Waals surface area contributed by atoms with E-state index in [1.165, 1.54) is 41.7 Å². The molecule has 3 aromatic carbocycles. The Balaban J connectivity index is 1.40. The van der Waals surface area contributed by atoms with Gasteiger partial charge in [0, 0.05) is 43.1 Å². The summed E-state index contributed by atoms with van der Waals surface area (Å²) in [5.74, 6) is -0.846. The number of nitrogens with zero attached hydrogens (tertiary/aromatic N) is 2. The van der Waals surface area contributed by atoms with E-state index < -0.39 is 22.2 Å². The van der Waals surface area contributed by atoms with Gasteiger partial charge in [-0.25, -0.2) is 8.42 Å². The molecule has 0 saturated heterocycles. The summed E-state index contributed by atoms with van der Waals surface area (Å²) in [6.45, 7) is 3.51. The molecule has 12 nitrogen and oxygen atoms in total. The first kappa shape index (κ1) is 37.6. The fourth-order valence-electron chi connectivity index (χ4n) is 5.45. The molecule has 3 amide bonds. The maximum Gasteiger partial charge on any atom is 0.258 e. The molecule has 14 heteroatoms. The molecule has 1 aliphatic heterocycles. The van der Waals surface area contributed by atoms with Crippen molar-refractivity contribution in [3.63, 3.8) is 0 Å². The average molecular weight is 714 g/mol. The number of hydrogen-bond acceptors (Lipinski definition) is 8. The molecular weight excluding hydrogens is 670 g/mol. The lowest BCUT2D eigenvalue weighted by Gasteiger charge is -2.38. The van der Waals surface area contributed by atoms with Crippen LogP contribution in [0.4, 0.5) is 17.1 Å². The molecule has 0 aromatic heterocycles. The smallest absolute Gasteiger partial charge is 0.258 e. The van der Waals surface area contributed by atoms with Crippen molar-refractivity contribution in [3.05, 3.63) is 77.3 Å². The third-order valence-electron chi connectivity index (χ3n) is 8.45. The van der Waals surface area contributed by atoms with Crippen molar-refractivity contribution in [2.75, 3.05) is 43.1 Å². The number of anilines is 3. The Morgan fingerprint density at radius 3 is 2.35 bits per heavy atom. The van der Waals surface area contributed by atoms with Gasteiger partial charge in [-0.3, -0.25) is 14.4 Å². The highest BCUT2D eigenvalue weighted by molar-refractivity contribution is 7.89. The monoisotopic (exact) mass is 713 g/mol. The van der Waals surface area contributed by atoms with Gasteiger partial charge in [0.1, 0.15) is 11.9 Å². The SMILES string of the molecule is C[C@H]1CN([C@@H](C)CO)C(=O)c2cc(NC(=O)CCCCCC(=O)Nc3ccccc3N)ccc2O[C@H]1CN(C)S(=O)(=O)c1ccc(Cl)cc1. The fourth-order valence-corrected chi connectivity index (χ4v) is 6.76. The Hall–Kier alpha value is -4.17. The minimum Gasteiger partial charge on any atom is -0.488 e. The van der Waals surface area contributed by atoms with E-state index in [0.29, 0.717) is 47.8 Å². The van der Waals surface area contributed by atoms with Gasteiger partial charge in [-0.1, -0.05) is 37.1 Å². The van der Waals surface area contributed by atoms with E-state index in [1.807, 2.05) is 6.92 Å². The second-order valence-corrected chi connectivity index (χ2v) is 14.8. The Morgan fingerprint density at radius 2 is 1.69 bits per heavy atom. The number of aliphatic hydroxyl groups is 1. The molecule has 0 saturated carbocycles. The van der Waals surface area contributed by atoms with Gasteiger partial charge in [-0.2, -0.15) is 4.31 Å². The number of unbranched alkanes of at least 4 members (excludes halogenated alkanes) is 2. The van der Waals surface area contributed by atoms with Crippen molar-refractivity contribution in [1.29, 1.82) is 0 Å². The van der Waals surface area contributed by atoms with E-state index in [1.54, 1.807) is 48.2 Å². The summed E-state index contributed by atoms with van der Waals surface area (Å²) in [5.41, 5.74) is 7.51. The summed E-state index contributed by atoms with van der Waals surface area (Å²) in [5, 5.41) is 16.0. The third kappa shape index (κ3) is 9.94. The number of hydrogen-bond donors (Lipinski definition) is 4. The highest BCUT2D eigenvalue weighted by Crippen LogP contribution is 2.31. The van der Waals surface area contributed by atoms with Gasteiger partial charge < -0.3 is 31.1 Å². The molecule has 5 N–H and O–H groups in total. The van der Waals surface area contributed by atoms with E-state index in [4.69, 9.17) is 22.1 Å². The Bertz CT molecular complexity index is 1740. The number of rotatable bonds is 14. The predicted molar refractivity (Wildman–Crippen MR) is 190 cm³/mol. The van der Waals surface area contributed by atoms with Crippen molar-refractivity contribution >= 4 is 56.4 Å². The minimum atomic E-state index is -3.87. The van der Waals surface area contributed by atoms with Crippen molar-refractivity contribution < 1.29 is 32.6 Å². The molecule has 264 valence electrons. The number of nitrogens with one attached hydrogen (secondary N) is 2. The number of ether oxygens (including phenoxy) is 1. The summed E-state index contributed by atoms with van der Waals surface area (Å²) in [7, 11) is -2.41. The molecule has 0 fully saturated rings. The molecule has 1 heterocycles. The number of halogens is 1. The predicted octanol–water partition coefficient (Wildman–Crippen LogP) is 4.99. The first-order valence-corrected chi connectivity index (χ1v) is 18.0. The van der Waals surface area contributed by atoms with E-state index in [2.05, 4.69) is 10.6 Å². The van der Waals surface area contributed by atoms with Crippen LogP contribution in [-0.2, 0) is 19.6 Å². The van der Waals surface area contributed by atoms with E-state index >= 15 is 0 Å². The molecule has 0 bridgehead atoms. The maximum absolute atomic E-state index is 13.8. The zero-order valence-electron chi connectivity index (χ0n) is 27.9. The Labute approximate surface area is 292 Å². The van der Waals surface area contributed by atoms with Gasteiger partial charge in [-0.05, 0) is 74.4 Å². The lowest BCUT2D eigenvalue weighted by Crippen LogP contribution is -2.50. The van der Waals surface area contributed by atoms with Crippen LogP contribution in [0, 0.1) is 5.92 Å². The molecule has 0 radical (unpaired) electrons. The molecule has 49 heavy (non-hydrogen) atoms. The lowest BCUT2D eigenvalue weighted by atomic mass is 9.99. The van der Waals surface area contributed by atoms with E-state index in [9.17, 15) is 27.9 Å². The van der Waals surface area contributed by atoms with Gasteiger partial charge in [-0.15, -0.1) is 0 Å². The molecule has 4 rings (SSSR count). The number of sulfonamides is 1. The van der Waals surface area contributed by atoms with Crippen molar-refractivity contribution in [1.82, 2.24) is 9.21 Å². The fraction of sp³-hybridized carbons (Fsp3) is 0.400. The van der Waals surface area contributed by atoms with Gasteiger partial charge >= 0.3 is 0 Å². The minimum absolute atomic E-state index is 0.0123. The highest BCUT2D eigenvalue weighted by atomic mass is 35.5. The van der Waals surface area contributed by atoms with Crippen LogP contribution in [0.15, 0.2) is 71.6 Å². The first-order valence-electron chi connectivity index (χ1n) is 16.2. The van der Waals surface area contributed by atoms with Crippen molar-refractivity contribution in [2.24, 2.45) is 5.92 Å². The molecule has 0 unspecified atom stereocenters. The zero-order valence-corrected chi connectivity index (χ0v) is 29.5. The zero-order chi connectivity index (χ0) is 35.7. The van der Waals surface area contributed by atoms with Crippen molar-refractivity contribution in [2.45, 2.75) is 63.0 Å². The second kappa shape index (κ2) is 17.0. The van der Waals surface area contributed by atoms with Crippen LogP contribution in [0.1, 0.15) is 56.3 Å². The van der Waals surface area contributed by atoms with Crippen LogP contribution >= 0.6 is 11.6 Å². The Morgan fingerprint density at radius 1 is 1.04 bits per heavy atom. The number of fused-ring (bicyclic) bond motifs is 1. The molecule has 0 spiro atoms. The van der Waals surface area contributed by atoms with Crippen LogP contribution in [0.5, 0.6) is 5.75 Å². The number of amides is 3. The average Bonchev–Trinajstić information content (AvgIpc) is 3.07. The van der Waals surface area contributed by atoms with Crippen LogP contribution in [0.25, 0.3) is 0 Å². The topological polar surface area (TPSA) is 171 Å². The number of nitrogen functional groups attached to an aromatic ring is 1. The van der Waals surface area contributed by atoms with Crippen LogP contribution in [0.2, 0.25) is 5.02 Å². The first-order chi connectivity index (χ1) is 23.3. The number of nitrogens with two attached hydrogens (primary N) is 1. The standard InChI is InChI=1S/C35H44ClN5O7S/c1-23-20-41(24(2)22-42)35(45)28-19-26(38-33(43)11-5-4-6-12-34(44)39-30-10-8-7-9-29(30)37)15-18-31(28)48-32(23)21-40(3)49(46,47)27-16-13-25(36)14-17-27/h7-10,13-19,23-24,32,42H,4-6,11-12,20-22,37H2,1-3H3,(H,38,43)(H,39,44)/t23-,24-,32-/m0/s1. The number of aliphatic hydroxyl groups excluding tert-OH is 1. The van der Waals surface area contributed by atoms with Crippen LogP contribution in [-0.4, -0.2) is 79.3 Å². The third-order valence-corrected chi connectivity index (χ3v) is 10.5. The van der Waals surface area contributed by atoms with Crippen LogP contribution < -0.4 is 21.1 Å². The van der Waals surface area contributed by atoms with Gasteiger partial charge in [0.15, 0.2) is 0 Å². The summed E-state index contributed by atoms with van der Waals surface area (Å²) >= 11 is 5.95. The molecule has 3 atom stereocenters. The van der Waals surface area contributed by atoms with E-state index in [0.717, 1.165) is 0 Å². The van der Waals surface area contributed by atoms with Crippen molar-refractivity contribution in [3.8, 4) is 5.75 Å². The number of carbonyl (C=O) groups is 3. The van der Waals surface area contributed by atoms with E-state index in [-0.39, 0.29) is 66.0 Å². The van der Waals surface area contributed by atoms with Gasteiger partial charge in [0.2, 0.25) is 21.8 Å². The number of carbonyl (C=O) groups excluding carboxylic acids is 3. The summed E-state index contributed by atoms with van der Waals surface area (Å²) in [4.78, 5) is 40.4. The van der Waals surface area contributed by atoms with Crippen LogP contribution in [0.3, 0.4) is 0 Å². The summed E-state index contributed by atoms with van der Waals surface area (Å²) < 4.78 is 34.2. The largest absolute Gasteiger partial charge is 0.488 e. The molecule has 0 aliphatic carbocycles. The summed E-state index contributed by atoms with van der Waals surface area (Å²) in [6.07, 6.45) is 1.69. The quantitative estimate of drug-likeness (QED) is 0.134. The van der Waals surface area contributed by atoms with Gasteiger partial charge in [0.25, 0.3) is 5.91 Å². The second-order valence-electron chi connectivity index (χ2n) is 12.3. The lowest BCUT2D eigenvalue weighted by molar-refractivity contribution is -0.116. The Kier molecular flexibility index (Phi) is 13.0. The number of para-hydroxylation sites is 2. The summed E-state index contributed by atoms with van der Waals surface area (Å²) in [6, 6.07) is 17.1. The van der Waals surface area contributed by atoms with Gasteiger partial charge in [0.05, 0.1) is 41.0 Å². The molecular formula is C35H44ClN5O7S. The number of likely N-dealkylation sites (N-methyl/N-ethyl adjacent to an activating group) is 1. The highest BCUT2D eigenvalue weighted by Gasteiger charge is 2.35. The maximum atomic E-state index is 13.8.